The van der Waals surface area contributed by atoms with Gasteiger partial charge >= 0.3 is 5.97 Å². The lowest BCUT2D eigenvalue weighted by Gasteiger charge is -2.32. The second kappa shape index (κ2) is 4.33. The second-order valence-electron chi connectivity index (χ2n) is 4.68. The summed E-state index contributed by atoms with van der Waals surface area (Å²) in [5, 5.41) is 5.90. The number of amides is 1. The number of esters is 1. The van der Waals surface area contributed by atoms with Crippen LogP contribution in [0.25, 0.3) is 0 Å². The molecule has 0 bridgehead atoms. The van der Waals surface area contributed by atoms with Gasteiger partial charge in [0.05, 0.1) is 23.5 Å². The number of anilines is 2. The topological polar surface area (TPSA) is 67.4 Å². The van der Waals surface area contributed by atoms with E-state index in [1.54, 1.807) is 39.0 Å². The Balaban J connectivity index is 2.32. The fraction of sp³-hybridized carbons (Fsp3) is 0.385. The van der Waals surface area contributed by atoms with E-state index >= 15 is 0 Å². The first-order valence-electron chi connectivity index (χ1n) is 5.85. The van der Waals surface area contributed by atoms with Crippen molar-refractivity contribution in [2.24, 2.45) is 0 Å². The third-order valence-electron chi connectivity index (χ3n) is 2.79. The van der Waals surface area contributed by atoms with Gasteiger partial charge in [-0.05, 0) is 39.0 Å². The number of nitrogens with one attached hydrogen (secondary N) is 2. The average Bonchev–Trinajstić information content (AvgIpc) is 2.30. The van der Waals surface area contributed by atoms with Crippen LogP contribution in [0.4, 0.5) is 11.4 Å². The molecule has 0 aromatic heterocycles. The lowest BCUT2D eigenvalue weighted by molar-refractivity contribution is -0.119. The van der Waals surface area contributed by atoms with E-state index in [0.717, 1.165) is 5.69 Å². The standard InChI is InChI=1S/C13H16N2O3/c1-4-18-11(16)8-5-6-9-10(7-8)14-12(17)13(2,3)15-9/h5-7,15H,4H2,1-3H3,(H,14,17). The van der Waals surface area contributed by atoms with Crippen LogP contribution < -0.4 is 10.6 Å². The molecule has 96 valence electrons. The maximum Gasteiger partial charge on any atom is 0.338 e. The molecule has 5 heteroatoms. The summed E-state index contributed by atoms with van der Waals surface area (Å²) in [6.45, 7) is 5.67. The third-order valence-corrected chi connectivity index (χ3v) is 2.79. The van der Waals surface area contributed by atoms with Crippen molar-refractivity contribution in [2.45, 2.75) is 26.3 Å². The zero-order valence-corrected chi connectivity index (χ0v) is 10.7. The molecule has 0 radical (unpaired) electrons. The summed E-state index contributed by atoms with van der Waals surface area (Å²) in [5.74, 6) is -0.518. The van der Waals surface area contributed by atoms with Gasteiger partial charge in [-0.15, -0.1) is 0 Å². The van der Waals surface area contributed by atoms with E-state index in [1.807, 2.05) is 0 Å². The van der Waals surface area contributed by atoms with Crippen molar-refractivity contribution in [3.63, 3.8) is 0 Å². The van der Waals surface area contributed by atoms with Crippen molar-refractivity contribution < 1.29 is 14.3 Å². The van der Waals surface area contributed by atoms with Gasteiger partial charge < -0.3 is 15.4 Å². The minimum absolute atomic E-state index is 0.129. The van der Waals surface area contributed by atoms with E-state index in [2.05, 4.69) is 10.6 Å². The first-order chi connectivity index (χ1) is 8.44. The Hall–Kier alpha value is -2.04. The van der Waals surface area contributed by atoms with E-state index in [-0.39, 0.29) is 11.9 Å². The molecule has 0 spiro atoms. The zero-order chi connectivity index (χ0) is 13.3. The van der Waals surface area contributed by atoms with Crippen LogP contribution in [0.5, 0.6) is 0 Å². The Labute approximate surface area is 106 Å². The highest BCUT2D eigenvalue weighted by molar-refractivity contribution is 6.06. The Morgan fingerprint density at radius 1 is 1.33 bits per heavy atom. The second-order valence-corrected chi connectivity index (χ2v) is 4.68. The van der Waals surface area contributed by atoms with Crippen molar-refractivity contribution in [1.29, 1.82) is 0 Å². The van der Waals surface area contributed by atoms with Crippen LogP contribution in [0.15, 0.2) is 18.2 Å². The Kier molecular flexibility index (Phi) is 2.98. The van der Waals surface area contributed by atoms with Gasteiger partial charge in [-0.3, -0.25) is 4.79 Å². The predicted octanol–water partition coefficient (Wildman–Crippen LogP) is 2.01. The highest BCUT2D eigenvalue weighted by atomic mass is 16.5. The summed E-state index contributed by atoms with van der Waals surface area (Å²) in [4.78, 5) is 23.4. The molecule has 2 N–H and O–H groups in total. The van der Waals surface area contributed by atoms with Gasteiger partial charge in [-0.2, -0.15) is 0 Å². The van der Waals surface area contributed by atoms with Gasteiger partial charge in [0.25, 0.3) is 0 Å². The van der Waals surface area contributed by atoms with Gasteiger partial charge in [-0.1, -0.05) is 0 Å². The summed E-state index contributed by atoms with van der Waals surface area (Å²) in [6.07, 6.45) is 0. The number of rotatable bonds is 2. The zero-order valence-electron chi connectivity index (χ0n) is 10.7. The van der Waals surface area contributed by atoms with Crippen LogP contribution in [0.3, 0.4) is 0 Å². The molecular weight excluding hydrogens is 232 g/mol. The van der Waals surface area contributed by atoms with Crippen molar-refractivity contribution in [3.05, 3.63) is 23.8 Å². The van der Waals surface area contributed by atoms with E-state index in [9.17, 15) is 9.59 Å². The van der Waals surface area contributed by atoms with E-state index in [0.29, 0.717) is 17.9 Å². The molecule has 2 rings (SSSR count). The Bertz CT molecular complexity index is 509. The number of carbonyl (C=O) groups is 2. The van der Waals surface area contributed by atoms with Crippen LogP contribution in [0, 0.1) is 0 Å². The molecule has 0 fully saturated rings. The molecule has 1 aromatic carbocycles. The molecule has 0 saturated carbocycles. The monoisotopic (exact) mass is 248 g/mol. The molecule has 1 amide bonds. The molecule has 1 aliphatic rings. The third kappa shape index (κ3) is 2.16. The summed E-state index contributed by atoms with van der Waals surface area (Å²) in [7, 11) is 0. The predicted molar refractivity (Wildman–Crippen MR) is 68.7 cm³/mol. The smallest absolute Gasteiger partial charge is 0.338 e. The van der Waals surface area contributed by atoms with Crippen LogP contribution >= 0.6 is 0 Å². The highest BCUT2D eigenvalue weighted by Gasteiger charge is 2.32. The van der Waals surface area contributed by atoms with Crippen molar-refractivity contribution in [3.8, 4) is 0 Å². The number of benzene rings is 1. The lowest BCUT2D eigenvalue weighted by atomic mass is 9.99. The summed E-state index contributed by atoms with van der Waals surface area (Å²) in [6, 6.07) is 5.06. The molecule has 1 heterocycles. The normalized spacial score (nSPS) is 16.3. The van der Waals surface area contributed by atoms with Crippen LogP contribution in [0.1, 0.15) is 31.1 Å². The fourth-order valence-corrected chi connectivity index (χ4v) is 1.77. The van der Waals surface area contributed by atoms with E-state index < -0.39 is 5.54 Å². The maximum absolute atomic E-state index is 11.8. The number of carbonyl (C=O) groups excluding carboxylic acids is 2. The molecule has 1 aromatic rings. The Morgan fingerprint density at radius 3 is 2.72 bits per heavy atom. The van der Waals surface area contributed by atoms with Crippen molar-refractivity contribution >= 4 is 23.3 Å². The van der Waals surface area contributed by atoms with E-state index in [1.165, 1.54) is 0 Å². The SMILES string of the molecule is CCOC(=O)c1ccc2c(c1)NC(=O)C(C)(C)N2. The van der Waals surface area contributed by atoms with Gasteiger partial charge in [0, 0.05) is 0 Å². The van der Waals surface area contributed by atoms with Gasteiger partial charge in [0.1, 0.15) is 5.54 Å². The lowest BCUT2D eigenvalue weighted by Crippen LogP contribution is -2.47. The van der Waals surface area contributed by atoms with Crippen LogP contribution in [-0.4, -0.2) is 24.0 Å². The summed E-state index contributed by atoms with van der Waals surface area (Å²) >= 11 is 0. The molecule has 18 heavy (non-hydrogen) atoms. The number of hydrogen-bond donors (Lipinski definition) is 2. The first kappa shape index (κ1) is 12.4. The van der Waals surface area contributed by atoms with Crippen molar-refractivity contribution in [1.82, 2.24) is 0 Å². The Morgan fingerprint density at radius 2 is 2.06 bits per heavy atom. The highest BCUT2D eigenvalue weighted by Crippen LogP contribution is 2.31. The molecule has 0 saturated heterocycles. The minimum atomic E-state index is -0.654. The average molecular weight is 248 g/mol. The summed E-state index contributed by atoms with van der Waals surface area (Å²) < 4.78 is 4.91. The van der Waals surface area contributed by atoms with Gasteiger partial charge in [0.2, 0.25) is 5.91 Å². The maximum atomic E-state index is 11.8. The molecular formula is C13H16N2O3. The molecule has 0 unspecified atom stereocenters. The van der Waals surface area contributed by atoms with Crippen LogP contribution in [-0.2, 0) is 9.53 Å². The van der Waals surface area contributed by atoms with E-state index in [4.69, 9.17) is 4.74 Å². The molecule has 5 nitrogen and oxygen atoms in total. The fourth-order valence-electron chi connectivity index (χ4n) is 1.77. The van der Waals surface area contributed by atoms with Crippen molar-refractivity contribution in [2.75, 3.05) is 17.2 Å². The quantitative estimate of drug-likeness (QED) is 0.786. The molecule has 1 aliphatic heterocycles. The number of ether oxygens (including phenoxy) is 1. The molecule has 0 aliphatic carbocycles. The molecule has 0 atom stereocenters. The van der Waals surface area contributed by atoms with Gasteiger partial charge in [-0.25, -0.2) is 4.79 Å². The largest absolute Gasteiger partial charge is 0.462 e. The van der Waals surface area contributed by atoms with Gasteiger partial charge in [0.15, 0.2) is 0 Å². The number of fused-ring (bicyclic) bond motifs is 1. The summed E-state index contributed by atoms with van der Waals surface area (Å²) in [5.41, 5.74) is 1.17. The first-order valence-corrected chi connectivity index (χ1v) is 5.85. The number of hydrogen-bond acceptors (Lipinski definition) is 4. The van der Waals surface area contributed by atoms with Crippen LogP contribution in [0.2, 0.25) is 0 Å². The minimum Gasteiger partial charge on any atom is -0.462 e.